The average molecular weight is 350 g/mol. The minimum atomic E-state index is -0.192. The summed E-state index contributed by atoms with van der Waals surface area (Å²) in [6, 6.07) is 13.1. The lowest BCUT2D eigenvalue weighted by Crippen LogP contribution is -2.38. The Morgan fingerprint density at radius 3 is 2.31 bits per heavy atom. The van der Waals surface area contributed by atoms with Crippen LogP contribution in [0.15, 0.2) is 53.5 Å². The summed E-state index contributed by atoms with van der Waals surface area (Å²) in [6.45, 7) is 5.81. The van der Waals surface area contributed by atoms with Crippen LogP contribution in [0.2, 0.25) is 0 Å². The fraction of sp³-hybridized carbons (Fsp3) is 0.364. The number of aromatic nitrogens is 1. The summed E-state index contributed by atoms with van der Waals surface area (Å²) in [4.78, 5) is 27.3. The molecule has 0 radical (unpaired) electrons. The number of hydrogen-bond acceptors (Lipinski definition) is 2. The van der Waals surface area contributed by atoms with E-state index >= 15 is 0 Å². The molecular weight excluding hydrogens is 324 g/mol. The van der Waals surface area contributed by atoms with Gasteiger partial charge in [-0.2, -0.15) is 0 Å². The third-order valence-electron chi connectivity index (χ3n) is 4.85. The van der Waals surface area contributed by atoms with Crippen LogP contribution < -0.4 is 5.56 Å². The molecule has 0 N–H and O–H groups in total. The molecule has 3 rings (SSSR count). The van der Waals surface area contributed by atoms with E-state index < -0.39 is 0 Å². The third-order valence-corrected chi connectivity index (χ3v) is 4.85. The Labute approximate surface area is 154 Å². The molecule has 1 saturated heterocycles. The monoisotopic (exact) mass is 350 g/mol. The van der Waals surface area contributed by atoms with Gasteiger partial charge in [-0.05, 0) is 48.4 Å². The highest BCUT2D eigenvalue weighted by atomic mass is 16.2. The number of likely N-dealkylation sites (tertiary alicyclic amines) is 1. The molecule has 1 aliphatic rings. The standard InChI is InChI=1S/C22H26N2O2/c1-17(2)19-11-9-18(10-12-19)16-20(24-15-7-4-8-21(24)25)22(26)23-13-5-3-6-14-23/h4,7-12,15-17H,3,5-6,13-14H2,1-2H3. The first-order chi connectivity index (χ1) is 12.6. The van der Waals surface area contributed by atoms with Crippen LogP contribution in [-0.2, 0) is 4.79 Å². The number of hydrogen-bond donors (Lipinski definition) is 0. The Morgan fingerprint density at radius 2 is 1.69 bits per heavy atom. The topological polar surface area (TPSA) is 42.3 Å². The largest absolute Gasteiger partial charge is 0.337 e. The molecular formula is C22H26N2O2. The Kier molecular flexibility index (Phi) is 5.71. The van der Waals surface area contributed by atoms with Gasteiger partial charge >= 0.3 is 0 Å². The summed E-state index contributed by atoms with van der Waals surface area (Å²) in [5.41, 5.74) is 2.39. The normalized spacial score (nSPS) is 15.3. The van der Waals surface area contributed by atoms with Gasteiger partial charge in [0.15, 0.2) is 0 Å². The van der Waals surface area contributed by atoms with Crippen LogP contribution in [0.4, 0.5) is 0 Å². The van der Waals surface area contributed by atoms with Crippen molar-refractivity contribution in [3.8, 4) is 0 Å². The van der Waals surface area contributed by atoms with E-state index in [1.54, 1.807) is 18.3 Å². The zero-order valence-electron chi connectivity index (χ0n) is 15.5. The molecule has 26 heavy (non-hydrogen) atoms. The maximum absolute atomic E-state index is 13.1. The maximum atomic E-state index is 13.1. The highest BCUT2D eigenvalue weighted by molar-refractivity contribution is 6.18. The molecule has 0 unspecified atom stereocenters. The Morgan fingerprint density at radius 1 is 1.00 bits per heavy atom. The van der Waals surface area contributed by atoms with Gasteiger partial charge in [-0.15, -0.1) is 0 Å². The molecule has 0 atom stereocenters. The zero-order valence-corrected chi connectivity index (χ0v) is 15.5. The van der Waals surface area contributed by atoms with Gasteiger partial charge in [0.25, 0.3) is 11.5 Å². The lowest BCUT2D eigenvalue weighted by Gasteiger charge is -2.28. The van der Waals surface area contributed by atoms with E-state index in [2.05, 4.69) is 26.0 Å². The van der Waals surface area contributed by atoms with Crippen molar-refractivity contribution in [1.82, 2.24) is 9.47 Å². The molecule has 1 aromatic carbocycles. The summed E-state index contributed by atoms with van der Waals surface area (Å²) in [5.74, 6) is 0.380. The second kappa shape index (κ2) is 8.17. The van der Waals surface area contributed by atoms with Gasteiger partial charge in [0, 0.05) is 25.4 Å². The van der Waals surface area contributed by atoms with Crippen LogP contribution in [0.3, 0.4) is 0 Å². The van der Waals surface area contributed by atoms with Crippen LogP contribution in [0.25, 0.3) is 11.8 Å². The Balaban J connectivity index is 2.01. The number of amides is 1. The number of carbonyl (C=O) groups is 1. The predicted octanol–water partition coefficient (Wildman–Crippen LogP) is 3.98. The molecule has 0 bridgehead atoms. The summed E-state index contributed by atoms with van der Waals surface area (Å²) in [5, 5.41) is 0. The molecule has 0 aliphatic carbocycles. The fourth-order valence-electron chi connectivity index (χ4n) is 3.25. The van der Waals surface area contributed by atoms with Crippen molar-refractivity contribution in [3.63, 3.8) is 0 Å². The highest BCUT2D eigenvalue weighted by Gasteiger charge is 2.22. The van der Waals surface area contributed by atoms with Crippen molar-refractivity contribution in [3.05, 3.63) is 70.1 Å². The van der Waals surface area contributed by atoms with E-state index in [0.717, 1.165) is 37.9 Å². The van der Waals surface area contributed by atoms with Crippen molar-refractivity contribution in [1.29, 1.82) is 0 Å². The van der Waals surface area contributed by atoms with Crippen molar-refractivity contribution < 1.29 is 4.79 Å². The maximum Gasteiger partial charge on any atom is 0.270 e. The lowest BCUT2D eigenvalue weighted by molar-refractivity contribution is -0.126. The van der Waals surface area contributed by atoms with Crippen molar-refractivity contribution >= 4 is 17.7 Å². The number of nitrogens with zero attached hydrogens (tertiary/aromatic N) is 2. The minimum Gasteiger partial charge on any atom is -0.337 e. The van der Waals surface area contributed by atoms with Crippen LogP contribution >= 0.6 is 0 Å². The Bertz CT molecular complexity index is 841. The molecule has 136 valence electrons. The predicted molar refractivity (Wildman–Crippen MR) is 106 cm³/mol. The van der Waals surface area contributed by atoms with Gasteiger partial charge in [-0.1, -0.05) is 44.2 Å². The molecule has 4 heteroatoms. The summed E-state index contributed by atoms with van der Waals surface area (Å²) in [7, 11) is 0. The third kappa shape index (κ3) is 4.13. The second-order valence-corrected chi connectivity index (χ2v) is 7.11. The lowest BCUT2D eigenvalue weighted by atomic mass is 10.0. The Hall–Kier alpha value is -2.62. The summed E-state index contributed by atoms with van der Waals surface area (Å²) in [6.07, 6.45) is 6.68. The van der Waals surface area contributed by atoms with E-state index in [9.17, 15) is 9.59 Å². The first kappa shape index (κ1) is 18.2. The number of piperidine rings is 1. The zero-order chi connectivity index (χ0) is 18.5. The number of carbonyl (C=O) groups excluding carboxylic acids is 1. The first-order valence-corrected chi connectivity index (χ1v) is 9.35. The summed E-state index contributed by atoms with van der Waals surface area (Å²) >= 11 is 0. The molecule has 4 nitrogen and oxygen atoms in total. The van der Waals surface area contributed by atoms with Crippen LogP contribution in [0, 0.1) is 0 Å². The van der Waals surface area contributed by atoms with E-state index in [1.165, 1.54) is 16.2 Å². The van der Waals surface area contributed by atoms with E-state index in [1.807, 2.05) is 23.1 Å². The molecule has 1 amide bonds. The van der Waals surface area contributed by atoms with Crippen molar-refractivity contribution in [2.24, 2.45) is 0 Å². The molecule has 0 spiro atoms. The van der Waals surface area contributed by atoms with Gasteiger partial charge in [-0.25, -0.2) is 0 Å². The van der Waals surface area contributed by atoms with Gasteiger partial charge in [0.1, 0.15) is 5.70 Å². The van der Waals surface area contributed by atoms with Crippen molar-refractivity contribution in [2.75, 3.05) is 13.1 Å². The number of rotatable bonds is 4. The minimum absolute atomic E-state index is 0.0778. The molecule has 1 fully saturated rings. The van der Waals surface area contributed by atoms with Crippen LogP contribution in [-0.4, -0.2) is 28.5 Å². The quantitative estimate of drug-likeness (QED) is 0.783. The molecule has 2 heterocycles. The molecule has 0 saturated carbocycles. The molecule has 1 aliphatic heterocycles. The van der Waals surface area contributed by atoms with Gasteiger partial charge in [-0.3, -0.25) is 14.2 Å². The highest BCUT2D eigenvalue weighted by Crippen LogP contribution is 2.19. The number of pyridine rings is 1. The SMILES string of the molecule is CC(C)c1ccc(C=C(C(=O)N2CCCCC2)n2ccccc2=O)cc1. The van der Waals surface area contributed by atoms with Crippen LogP contribution in [0.5, 0.6) is 0 Å². The number of benzene rings is 1. The van der Waals surface area contributed by atoms with E-state index in [4.69, 9.17) is 0 Å². The van der Waals surface area contributed by atoms with Crippen molar-refractivity contribution in [2.45, 2.75) is 39.0 Å². The van der Waals surface area contributed by atoms with E-state index in [0.29, 0.717) is 11.6 Å². The van der Waals surface area contributed by atoms with Gasteiger partial charge in [0.05, 0.1) is 0 Å². The fourth-order valence-corrected chi connectivity index (χ4v) is 3.25. The second-order valence-electron chi connectivity index (χ2n) is 7.11. The van der Waals surface area contributed by atoms with Crippen LogP contribution in [0.1, 0.15) is 50.2 Å². The first-order valence-electron chi connectivity index (χ1n) is 9.35. The average Bonchev–Trinajstić information content (AvgIpc) is 2.67. The smallest absolute Gasteiger partial charge is 0.270 e. The molecule has 2 aromatic rings. The summed E-state index contributed by atoms with van der Waals surface area (Å²) < 4.78 is 1.45. The van der Waals surface area contributed by atoms with Gasteiger partial charge < -0.3 is 4.90 Å². The molecule has 1 aromatic heterocycles. The van der Waals surface area contributed by atoms with Gasteiger partial charge in [0.2, 0.25) is 0 Å². The van der Waals surface area contributed by atoms with E-state index in [-0.39, 0.29) is 11.5 Å².